The van der Waals surface area contributed by atoms with Crippen molar-refractivity contribution in [2.45, 2.75) is 52.4 Å². The molecular weight excluding hydrogens is 288 g/mol. The minimum Gasteiger partial charge on any atom is -0.342 e. The largest absolute Gasteiger partial charge is 0.342 e. The molecule has 1 N–H and O–H groups in total. The Morgan fingerprint density at radius 1 is 1.00 bits per heavy atom. The highest BCUT2D eigenvalue weighted by Crippen LogP contribution is 2.48. The normalized spacial score (nSPS) is 19.8. The lowest BCUT2D eigenvalue weighted by Crippen LogP contribution is -2.43. The van der Waals surface area contributed by atoms with Crippen molar-refractivity contribution in [3.8, 4) is 0 Å². The average Bonchev–Trinajstić information content (AvgIpc) is 3.34. The van der Waals surface area contributed by atoms with Crippen molar-refractivity contribution in [1.82, 2.24) is 4.90 Å². The SMILES string of the molecule is Cc1cccc(C)c1NC(=O)C1(C(=O)N2CCCCCC2)CC1. The van der Waals surface area contributed by atoms with Crippen LogP contribution in [0.1, 0.15) is 49.7 Å². The Morgan fingerprint density at radius 2 is 1.57 bits per heavy atom. The van der Waals surface area contributed by atoms with E-state index in [-0.39, 0.29) is 11.8 Å². The number of aryl methyl sites for hydroxylation is 2. The summed E-state index contributed by atoms with van der Waals surface area (Å²) >= 11 is 0. The molecule has 1 aliphatic heterocycles. The Hall–Kier alpha value is -1.84. The van der Waals surface area contributed by atoms with Crippen LogP contribution in [-0.4, -0.2) is 29.8 Å². The first-order chi connectivity index (χ1) is 11.0. The summed E-state index contributed by atoms with van der Waals surface area (Å²) < 4.78 is 0. The molecule has 3 rings (SSSR count). The van der Waals surface area contributed by atoms with E-state index in [0.29, 0.717) is 12.8 Å². The van der Waals surface area contributed by atoms with Crippen molar-refractivity contribution < 1.29 is 9.59 Å². The van der Waals surface area contributed by atoms with Crippen molar-refractivity contribution in [3.05, 3.63) is 29.3 Å². The third kappa shape index (κ3) is 3.12. The molecule has 1 aromatic carbocycles. The van der Waals surface area contributed by atoms with Crippen LogP contribution in [0.4, 0.5) is 5.69 Å². The molecule has 2 aliphatic rings. The van der Waals surface area contributed by atoms with Crippen LogP contribution < -0.4 is 5.32 Å². The first-order valence-corrected chi connectivity index (χ1v) is 8.72. The molecule has 0 unspecified atom stereocenters. The molecule has 1 aliphatic carbocycles. The first-order valence-electron chi connectivity index (χ1n) is 8.72. The van der Waals surface area contributed by atoms with E-state index in [1.54, 1.807) is 0 Å². The molecule has 2 amide bonds. The van der Waals surface area contributed by atoms with Gasteiger partial charge in [-0.2, -0.15) is 0 Å². The van der Waals surface area contributed by atoms with Gasteiger partial charge in [0.05, 0.1) is 0 Å². The predicted molar refractivity (Wildman–Crippen MR) is 91.3 cm³/mol. The number of nitrogens with one attached hydrogen (secondary N) is 1. The van der Waals surface area contributed by atoms with E-state index in [2.05, 4.69) is 5.32 Å². The number of hydrogen-bond acceptors (Lipinski definition) is 2. The molecule has 1 aromatic rings. The molecule has 1 saturated carbocycles. The van der Waals surface area contributed by atoms with E-state index < -0.39 is 5.41 Å². The number of para-hydroxylation sites is 1. The van der Waals surface area contributed by atoms with E-state index in [9.17, 15) is 9.59 Å². The van der Waals surface area contributed by atoms with Gasteiger partial charge < -0.3 is 10.2 Å². The number of benzene rings is 1. The smallest absolute Gasteiger partial charge is 0.240 e. The number of carbonyl (C=O) groups excluding carboxylic acids is 2. The minimum absolute atomic E-state index is 0.0446. The standard InChI is InChI=1S/C19H26N2O2/c1-14-8-7-9-15(2)16(14)20-17(22)19(10-11-19)18(23)21-12-5-3-4-6-13-21/h7-9H,3-6,10-13H2,1-2H3,(H,20,22). The maximum absolute atomic E-state index is 12.9. The zero-order chi connectivity index (χ0) is 16.4. The molecule has 1 saturated heterocycles. The number of rotatable bonds is 3. The number of nitrogens with zero attached hydrogens (tertiary/aromatic N) is 1. The highest BCUT2D eigenvalue weighted by atomic mass is 16.2. The van der Waals surface area contributed by atoms with Gasteiger partial charge in [-0.25, -0.2) is 0 Å². The molecule has 0 spiro atoms. The number of anilines is 1. The predicted octanol–water partition coefficient (Wildman–Crippen LogP) is 3.42. The second-order valence-electron chi connectivity index (χ2n) is 7.01. The second kappa shape index (κ2) is 6.34. The molecule has 0 atom stereocenters. The molecule has 4 nitrogen and oxygen atoms in total. The van der Waals surface area contributed by atoms with Crippen LogP contribution in [0, 0.1) is 19.3 Å². The monoisotopic (exact) mass is 314 g/mol. The molecule has 2 fully saturated rings. The Bertz CT molecular complexity index is 592. The summed E-state index contributed by atoms with van der Waals surface area (Å²) in [6.07, 6.45) is 5.84. The van der Waals surface area contributed by atoms with Crippen LogP contribution in [0.15, 0.2) is 18.2 Å². The fourth-order valence-corrected chi connectivity index (χ4v) is 3.48. The van der Waals surface area contributed by atoms with Gasteiger partial charge in [-0.15, -0.1) is 0 Å². The van der Waals surface area contributed by atoms with Gasteiger partial charge in [-0.1, -0.05) is 31.0 Å². The van der Waals surface area contributed by atoms with Gasteiger partial charge in [0.15, 0.2) is 0 Å². The van der Waals surface area contributed by atoms with Gasteiger partial charge in [0.1, 0.15) is 5.41 Å². The van der Waals surface area contributed by atoms with Crippen LogP contribution in [-0.2, 0) is 9.59 Å². The zero-order valence-electron chi connectivity index (χ0n) is 14.2. The van der Waals surface area contributed by atoms with Crippen molar-refractivity contribution in [1.29, 1.82) is 0 Å². The van der Waals surface area contributed by atoms with Crippen LogP contribution in [0.5, 0.6) is 0 Å². The molecule has 4 heteroatoms. The summed E-state index contributed by atoms with van der Waals surface area (Å²) in [5.74, 6) is -0.0766. The number of likely N-dealkylation sites (tertiary alicyclic amines) is 1. The molecule has 0 aromatic heterocycles. The quantitative estimate of drug-likeness (QED) is 0.869. The third-order valence-corrected chi connectivity index (χ3v) is 5.21. The molecule has 23 heavy (non-hydrogen) atoms. The Balaban J connectivity index is 1.74. The van der Waals surface area contributed by atoms with Crippen molar-refractivity contribution >= 4 is 17.5 Å². The van der Waals surface area contributed by atoms with Gasteiger partial charge in [0.25, 0.3) is 0 Å². The first kappa shape index (κ1) is 16.0. The van der Waals surface area contributed by atoms with Gasteiger partial charge in [-0.3, -0.25) is 9.59 Å². The molecule has 0 bridgehead atoms. The number of hydrogen-bond donors (Lipinski definition) is 1. The van der Waals surface area contributed by atoms with Gasteiger partial charge in [-0.05, 0) is 50.7 Å². The summed E-state index contributed by atoms with van der Waals surface area (Å²) in [7, 11) is 0. The summed E-state index contributed by atoms with van der Waals surface area (Å²) in [5.41, 5.74) is 2.12. The Kier molecular flexibility index (Phi) is 4.42. The maximum Gasteiger partial charge on any atom is 0.240 e. The molecule has 1 heterocycles. The Morgan fingerprint density at radius 3 is 2.09 bits per heavy atom. The molecular formula is C19H26N2O2. The van der Waals surface area contributed by atoms with Crippen LogP contribution in [0.2, 0.25) is 0 Å². The fourth-order valence-electron chi connectivity index (χ4n) is 3.48. The lowest BCUT2D eigenvalue weighted by Gasteiger charge is -2.26. The zero-order valence-corrected chi connectivity index (χ0v) is 14.2. The highest BCUT2D eigenvalue weighted by Gasteiger charge is 2.58. The van der Waals surface area contributed by atoms with Crippen LogP contribution in [0.25, 0.3) is 0 Å². The van der Waals surface area contributed by atoms with Crippen LogP contribution >= 0.6 is 0 Å². The van der Waals surface area contributed by atoms with E-state index in [0.717, 1.165) is 42.7 Å². The lowest BCUT2D eigenvalue weighted by atomic mass is 10.0. The van der Waals surface area contributed by atoms with Crippen molar-refractivity contribution in [3.63, 3.8) is 0 Å². The van der Waals surface area contributed by atoms with E-state index >= 15 is 0 Å². The molecule has 0 radical (unpaired) electrons. The van der Waals surface area contributed by atoms with Crippen LogP contribution in [0.3, 0.4) is 0 Å². The van der Waals surface area contributed by atoms with Gasteiger partial charge in [0, 0.05) is 18.8 Å². The number of amides is 2. The minimum atomic E-state index is -0.806. The summed E-state index contributed by atoms with van der Waals surface area (Å²) in [4.78, 5) is 27.6. The van der Waals surface area contributed by atoms with Gasteiger partial charge >= 0.3 is 0 Å². The summed E-state index contributed by atoms with van der Waals surface area (Å²) in [6, 6.07) is 5.95. The van der Waals surface area contributed by atoms with E-state index in [1.807, 2.05) is 36.9 Å². The van der Waals surface area contributed by atoms with E-state index in [1.165, 1.54) is 12.8 Å². The number of carbonyl (C=O) groups is 2. The van der Waals surface area contributed by atoms with Gasteiger partial charge in [0.2, 0.25) is 11.8 Å². The van der Waals surface area contributed by atoms with Crippen molar-refractivity contribution in [2.75, 3.05) is 18.4 Å². The fraction of sp³-hybridized carbons (Fsp3) is 0.579. The highest BCUT2D eigenvalue weighted by molar-refractivity contribution is 6.13. The van der Waals surface area contributed by atoms with Crippen molar-refractivity contribution in [2.24, 2.45) is 5.41 Å². The summed E-state index contributed by atoms with van der Waals surface area (Å²) in [6.45, 7) is 5.58. The topological polar surface area (TPSA) is 49.4 Å². The summed E-state index contributed by atoms with van der Waals surface area (Å²) in [5, 5.41) is 3.03. The average molecular weight is 314 g/mol. The second-order valence-corrected chi connectivity index (χ2v) is 7.01. The third-order valence-electron chi connectivity index (χ3n) is 5.21. The van der Waals surface area contributed by atoms with E-state index in [4.69, 9.17) is 0 Å². The molecule has 124 valence electrons. The Labute approximate surface area is 138 Å². The maximum atomic E-state index is 12.9. The lowest BCUT2D eigenvalue weighted by molar-refractivity contribution is -0.142.